The minimum Gasteiger partial charge on any atom is -0.294 e. The molecule has 0 N–H and O–H groups in total. The van der Waals surface area contributed by atoms with Crippen LogP contribution in [0, 0.1) is 5.92 Å². The molecule has 0 heterocycles. The average Bonchev–Trinajstić information content (AvgIpc) is 3.55. The van der Waals surface area contributed by atoms with Gasteiger partial charge in [0, 0.05) is 6.42 Å². The van der Waals surface area contributed by atoms with Crippen molar-refractivity contribution in [2.24, 2.45) is 5.92 Å². The first-order chi connectivity index (χ1) is 13.9. The minimum absolute atomic E-state index is 0.186. The van der Waals surface area contributed by atoms with Gasteiger partial charge in [0.05, 0.1) is 0 Å². The highest BCUT2D eigenvalue weighted by Crippen LogP contribution is 2.34. The summed E-state index contributed by atoms with van der Waals surface area (Å²) in [5.41, 5.74) is 0. The van der Waals surface area contributed by atoms with Crippen molar-refractivity contribution in [1.82, 2.24) is 0 Å². The second-order valence-corrected chi connectivity index (χ2v) is 7.74. The van der Waals surface area contributed by atoms with Gasteiger partial charge in [0.2, 0.25) is 5.78 Å². The van der Waals surface area contributed by atoms with E-state index >= 15 is 0 Å². The Morgan fingerprint density at radius 2 is 1.03 bits per heavy atom. The fourth-order valence-electron chi connectivity index (χ4n) is 3.15. The van der Waals surface area contributed by atoms with Gasteiger partial charge in [-0.25, -0.2) is 0 Å². The van der Waals surface area contributed by atoms with E-state index < -0.39 is 41.0 Å². The first kappa shape index (κ1) is 24.7. The van der Waals surface area contributed by atoms with Crippen LogP contribution in [0.1, 0.15) is 89.9 Å². The van der Waals surface area contributed by atoms with E-state index in [1.165, 1.54) is 51.4 Å². The van der Waals surface area contributed by atoms with Crippen molar-refractivity contribution in [1.29, 1.82) is 0 Å². The van der Waals surface area contributed by atoms with E-state index in [2.05, 4.69) is 0 Å². The highest BCUT2D eigenvalue weighted by molar-refractivity contribution is 6.94. The molecule has 0 radical (unpaired) electrons. The molecule has 1 aliphatic carbocycles. The van der Waals surface area contributed by atoms with E-state index in [-0.39, 0.29) is 6.42 Å². The summed E-state index contributed by atoms with van der Waals surface area (Å²) in [4.78, 5) is 78.1. The normalized spacial score (nSPS) is 13.0. The Bertz CT molecular complexity index is 644. The molecule has 1 aliphatic rings. The Morgan fingerprint density at radius 3 is 1.52 bits per heavy atom. The molecule has 0 bridgehead atoms. The van der Waals surface area contributed by atoms with Gasteiger partial charge in [-0.05, 0) is 12.3 Å². The lowest BCUT2D eigenvalue weighted by atomic mass is 10.00. The van der Waals surface area contributed by atoms with Crippen LogP contribution in [0.2, 0.25) is 0 Å². The average molecular weight is 406 g/mol. The van der Waals surface area contributed by atoms with E-state index in [9.17, 15) is 33.6 Å². The summed E-state index contributed by atoms with van der Waals surface area (Å²) < 4.78 is 0. The third kappa shape index (κ3) is 10.1. The molecule has 160 valence electrons. The van der Waals surface area contributed by atoms with E-state index in [0.29, 0.717) is 6.42 Å². The van der Waals surface area contributed by atoms with Gasteiger partial charge >= 0.3 is 0 Å². The van der Waals surface area contributed by atoms with Gasteiger partial charge in [-0.3, -0.25) is 33.6 Å². The number of hydrogen-bond donors (Lipinski definition) is 0. The predicted molar refractivity (Wildman–Crippen MR) is 104 cm³/mol. The maximum atomic E-state index is 11.7. The Labute approximate surface area is 171 Å². The lowest BCUT2D eigenvalue weighted by molar-refractivity contribution is -0.153. The number of rotatable bonds is 19. The van der Waals surface area contributed by atoms with Crippen LogP contribution in [0.25, 0.3) is 0 Å². The molecule has 0 aromatic rings. The number of aldehydes is 1. The van der Waals surface area contributed by atoms with Crippen LogP contribution in [-0.4, -0.2) is 41.0 Å². The third-order valence-corrected chi connectivity index (χ3v) is 5.17. The summed E-state index contributed by atoms with van der Waals surface area (Å²) >= 11 is 0. The van der Waals surface area contributed by atoms with Crippen molar-refractivity contribution in [3.05, 3.63) is 0 Å². The molecule has 29 heavy (non-hydrogen) atoms. The zero-order valence-electron chi connectivity index (χ0n) is 16.9. The van der Waals surface area contributed by atoms with Gasteiger partial charge in [0.25, 0.3) is 28.9 Å². The van der Waals surface area contributed by atoms with Crippen LogP contribution in [-0.2, 0) is 33.6 Å². The van der Waals surface area contributed by atoms with Gasteiger partial charge in [-0.1, -0.05) is 77.0 Å². The predicted octanol–water partition coefficient (Wildman–Crippen LogP) is 2.69. The van der Waals surface area contributed by atoms with Crippen molar-refractivity contribution >= 4 is 41.0 Å². The van der Waals surface area contributed by atoms with Crippen molar-refractivity contribution in [2.45, 2.75) is 89.9 Å². The van der Waals surface area contributed by atoms with Crippen LogP contribution in [0.3, 0.4) is 0 Å². The summed E-state index contributed by atoms with van der Waals surface area (Å²) in [6.07, 6.45) is 14.3. The van der Waals surface area contributed by atoms with Gasteiger partial charge in [0.15, 0.2) is 6.29 Å². The molecule has 0 unspecified atom stereocenters. The quantitative estimate of drug-likeness (QED) is 0.140. The Morgan fingerprint density at radius 1 is 0.586 bits per heavy atom. The lowest BCUT2D eigenvalue weighted by Gasteiger charge is -2.03. The molecule has 7 heteroatoms. The molecule has 0 aromatic heterocycles. The SMILES string of the molecule is O=CC(=O)C(=O)C(=O)C(=O)C(=O)C(=O)CCCCCCCCCCCCC1CC1. The molecule has 0 atom stereocenters. The second kappa shape index (κ2) is 13.8. The van der Waals surface area contributed by atoms with Crippen molar-refractivity contribution in [3.8, 4) is 0 Å². The van der Waals surface area contributed by atoms with Crippen LogP contribution >= 0.6 is 0 Å². The topological polar surface area (TPSA) is 119 Å². The van der Waals surface area contributed by atoms with Crippen molar-refractivity contribution in [2.75, 3.05) is 0 Å². The van der Waals surface area contributed by atoms with Crippen LogP contribution < -0.4 is 0 Å². The van der Waals surface area contributed by atoms with E-state index in [1.54, 1.807) is 0 Å². The number of hydrogen-bond acceptors (Lipinski definition) is 7. The number of unbranched alkanes of at least 4 members (excludes halogenated alkanes) is 9. The smallest absolute Gasteiger partial charge is 0.281 e. The molecule has 0 amide bonds. The number of Topliss-reactive ketones (excluding diaryl/α,β-unsaturated/α-hetero) is 6. The molecule has 0 saturated heterocycles. The minimum atomic E-state index is -1.94. The first-order valence-corrected chi connectivity index (χ1v) is 10.6. The lowest BCUT2D eigenvalue weighted by Crippen LogP contribution is -2.38. The van der Waals surface area contributed by atoms with Crippen molar-refractivity contribution < 1.29 is 33.6 Å². The largest absolute Gasteiger partial charge is 0.294 e. The van der Waals surface area contributed by atoms with Gasteiger partial charge in [0.1, 0.15) is 0 Å². The van der Waals surface area contributed by atoms with Gasteiger partial charge in [-0.15, -0.1) is 0 Å². The Balaban J connectivity index is 2.03. The fraction of sp³-hybridized carbons (Fsp3) is 0.682. The molecule has 0 spiro atoms. The molecule has 1 saturated carbocycles. The van der Waals surface area contributed by atoms with Gasteiger partial charge in [-0.2, -0.15) is 0 Å². The molecule has 0 aromatic carbocycles. The monoisotopic (exact) mass is 406 g/mol. The van der Waals surface area contributed by atoms with Crippen LogP contribution in [0.5, 0.6) is 0 Å². The molecule has 7 nitrogen and oxygen atoms in total. The van der Waals surface area contributed by atoms with Crippen LogP contribution in [0.15, 0.2) is 0 Å². The highest BCUT2D eigenvalue weighted by atomic mass is 16.2. The number of carbonyl (C=O) groups excluding carboxylic acids is 7. The summed E-state index contributed by atoms with van der Waals surface area (Å²) in [6.45, 7) is 0. The van der Waals surface area contributed by atoms with Crippen LogP contribution in [0.4, 0.5) is 0 Å². The molecule has 1 rings (SSSR count). The van der Waals surface area contributed by atoms with Crippen molar-refractivity contribution in [3.63, 3.8) is 0 Å². The standard InChI is InChI=1S/C22H30O7/c23-15-18(25)20(27)22(29)21(28)19(26)17(24)12-10-8-6-4-2-1-3-5-7-9-11-16-13-14-16/h15-16H,1-14H2. The highest BCUT2D eigenvalue weighted by Gasteiger charge is 2.35. The third-order valence-electron chi connectivity index (χ3n) is 5.17. The van der Waals surface area contributed by atoms with E-state index in [4.69, 9.17) is 0 Å². The van der Waals surface area contributed by atoms with Gasteiger partial charge < -0.3 is 0 Å². The second-order valence-electron chi connectivity index (χ2n) is 7.74. The maximum Gasteiger partial charge on any atom is 0.281 e. The summed E-state index contributed by atoms with van der Waals surface area (Å²) in [5, 5.41) is 0. The summed E-state index contributed by atoms with van der Waals surface area (Å²) in [6, 6.07) is 0. The summed E-state index contributed by atoms with van der Waals surface area (Å²) in [5.74, 6) is -9.05. The van der Waals surface area contributed by atoms with E-state index in [1.807, 2.05) is 0 Å². The molecular weight excluding hydrogens is 376 g/mol. The first-order valence-electron chi connectivity index (χ1n) is 10.6. The number of carbonyl (C=O) groups is 7. The maximum absolute atomic E-state index is 11.7. The zero-order chi connectivity index (χ0) is 21.6. The molecule has 1 fully saturated rings. The molecular formula is C22H30O7. The molecule has 0 aliphatic heterocycles. The Kier molecular flexibility index (Phi) is 11.8. The Hall–Kier alpha value is -2.31. The fourth-order valence-corrected chi connectivity index (χ4v) is 3.15. The zero-order valence-corrected chi connectivity index (χ0v) is 16.9. The number of ketones is 6. The van der Waals surface area contributed by atoms with E-state index in [0.717, 1.165) is 31.6 Å². The summed E-state index contributed by atoms with van der Waals surface area (Å²) in [7, 11) is 0.